The molecule has 2 heterocycles. The summed E-state index contributed by atoms with van der Waals surface area (Å²) in [5.74, 6) is 0.0311. The summed E-state index contributed by atoms with van der Waals surface area (Å²) in [5, 5.41) is 51.3. The lowest BCUT2D eigenvalue weighted by Crippen LogP contribution is -2.24. The van der Waals surface area contributed by atoms with E-state index in [1.807, 2.05) is 0 Å². The van der Waals surface area contributed by atoms with Gasteiger partial charge in [-0.2, -0.15) is 27.4 Å². The van der Waals surface area contributed by atoms with Crippen LogP contribution in [0.2, 0.25) is 10.0 Å². The van der Waals surface area contributed by atoms with Crippen LogP contribution in [0.25, 0.3) is 21.9 Å². The molecule has 7 aromatic rings. The lowest BCUT2D eigenvalue weighted by Gasteiger charge is -2.16. The topological polar surface area (TPSA) is 284 Å². The molecule has 0 aliphatic heterocycles. The number of amides is 2. The Bertz CT molecular complexity index is 3430. The highest BCUT2D eigenvalue weighted by atomic mass is 35.5. The number of carbonyl (C=O) groups excluding carboxylic acids is 1. The summed E-state index contributed by atoms with van der Waals surface area (Å²) in [6.45, 7) is 1.58. The molecular weight excluding hydrogens is 938 g/mol. The molecule has 6 N–H and O–H groups in total. The molecule has 2 amide bonds. The van der Waals surface area contributed by atoms with Gasteiger partial charge in [-0.15, -0.1) is 20.5 Å². The number of nitriles is 2. The molecule has 0 saturated heterocycles. The molecule has 18 nitrogen and oxygen atoms in total. The average Bonchev–Trinajstić information content (AvgIpc) is 3.63. The fourth-order valence-electron chi connectivity index (χ4n) is 6.27. The summed E-state index contributed by atoms with van der Waals surface area (Å²) < 4.78 is 67.9. The summed E-state index contributed by atoms with van der Waals surface area (Å²) in [4.78, 5) is 15.7. The Labute approximate surface area is 384 Å². The van der Waals surface area contributed by atoms with Gasteiger partial charge in [0.2, 0.25) is 0 Å². The van der Waals surface area contributed by atoms with Crippen molar-refractivity contribution >= 4 is 122 Å². The third-order valence-electron chi connectivity index (χ3n) is 9.35. The number of pyridine rings is 1. The maximum absolute atomic E-state index is 12.2. The largest absolute Gasteiger partial charge is 0.341 e. The van der Waals surface area contributed by atoms with E-state index in [0.717, 1.165) is 17.4 Å². The van der Waals surface area contributed by atoms with Crippen molar-refractivity contribution < 1.29 is 30.7 Å². The number of hydrogen-bond acceptors (Lipinski definition) is 15. The highest BCUT2D eigenvalue weighted by Crippen LogP contribution is 2.49. The first kappa shape index (κ1) is 45.7. The predicted octanol–water partition coefficient (Wildman–Crippen LogP) is 11.9. The number of urea groups is 1. The molecule has 0 fully saturated rings. The van der Waals surface area contributed by atoms with Crippen LogP contribution in [0.15, 0.2) is 133 Å². The molecule has 65 heavy (non-hydrogen) atoms. The third-order valence-corrected chi connectivity index (χ3v) is 12.8. The quantitative estimate of drug-likeness (QED) is 0.0492. The van der Waals surface area contributed by atoms with Gasteiger partial charge >= 0.3 is 6.03 Å². The summed E-state index contributed by atoms with van der Waals surface area (Å²) in [5.41, 5.74) is 2.36. The van der Waals surface area contributed by atoms with E-state index in [4.69, 9.17) is 23.2 Å². The Kier molecular flexibility index (Phi) is 13.2. The van der Waals surface area contributed by atoms with Gasteiger partial charge in [-0.05, 0) is 90.7 Å². The Morgan fingerprint density at radius 2 is 1.37 bits per heavy atom. The highest BCUT2D eigenvalue weighted by molar-refractivity contribution is 7.86. The van der Waals surface area contributed by atoms with Gasteiger partial charge in [0.25, 0.3) is 20.2 Å². The Balaban J connectivity index is 1.37. The van der Waals surface area contributed by atoms with Gasteiger partial charge in [0.15, 0.2) is 16.6 Å². The van der Waals surface area contributed by atoms with E-state index >= 15 is 0 Å². The summed E-state index contributed by atoms with van der Waals surface area (Å²) >= 11 is 13.1. The molecular formula is C42H29Cl2N11O7S3. The minimum absolute atomic E-state index is 0.0242. The van der Waals surface area contributed by atoms with E-state index in [-0.39, 0.29) is 70.7 Å². The first-order valence-electron chi connectivity index (χ1n) is 18.5. The van der Waals surface area contributed by atoms with Crippen LogP contribution in [0.4, 0.5) is 54.9 Å². The lowest BCUT2D eigenvalue weighted by atomic mass is 10.0. The Hall–Kier alpha value is -7.34. The Morgan fingerprint density at radius 3 is 2.03 bits per heavy atom. The third kappa shape index (κ3) is 10.2. The van der Waals surface area contributed by atoms with Gasteiger partial charge in [-0.1, -0.05) is 64.9 Å². The molecule has 0 aliphatic carbocycles. The number of azo groups is 2. The first-order valence-corrected chi connectivity index (χ1v) is 22.9. The second kappa shape index (κ2) is 18.8. The number of rotatable bonds is 12. The van der Waals surface area contributed by atoms with Crippen LogP contribution in [0, 0.1) is 29.6 Å². The van der Waals surface area contributed by atoms with Crippen molar-refractivity contribution in [2.75, 3.05) is 23.0 Å². The minimum atomic E-state index is -4.72. The van der Waals surface area contributed by atoms with E-state index < -0.39 is 31.2 Å². The molecule has 0 atom stereocenters. The van der Waals surface area contributed by atoms with Gasteiger partial charge in [0.05, 0.1) is 16.3 Å². The molecule has 326 valence electrons. The minimum Gasteiger partial charge on any atom is -0.341 e. The van der Waals surface area contributed by atoms with E-state index in [0.29, 0.717) is 32.9 Å². The van der Waals surface area contributed by atoms with Crippen molar-refractivity contribution in [1.29, 1.82) is 10.5 Å². The number of nitrogens with one attached hydrogen (secondary N) is 4. The fraction of sp³-hybridized carbons (Fsp3) is 0.0476. The van der Waals surface area contributed by atoms with Gasteiger partial charge in [0.1, 0.15) is 38.2 Å². The van der Waals surface area contributed by atoms with Crippen LogP contribution in [-0.2, 0) is 20.2 Å². The molecule has 0 radical (unpaired) electrons. The van der Waals surface area contributed by atoms with E-state index in [2.05, 4.69) is 58.8 Å². The summed E-state index contributed by atoms with van der Waals surface area (Å²) in [6.07, 6.45) is 0. The number of halogens is 2. The van der Waals surface area contributed by atoms with E-state index in [1.165, 1.54) is 37.4 Å². The number of aromatic nitrogens is 1. The number of benzene rings is 5. The zero-order valence-electron chi connectivity index (χ0n) is 33.4. The number of nitrogens with zero attached hydrogens (tertiary/aromatic N) is 7. The fourth-order valence-corrected chi connectivity index (χ4v) is 9.02. The predicted molar refractivity (Wildman–Crippen MR) is 248 cm³/mol. The molecule has 0 aliphatic rings. The molecule has 0 bridgehead atoms. The standard InChI is InChI=1S/C42H29Cl2N11O7S3/c1-22-31(20-45)38(49-28-16-17-33(44)35(19-28)65(60,61)62)51-39(48-26-14-9-25(43)10-15-26)37(22)53-54-40-32(21-46)36(24-7-11-27(12-8-24)50-42(56)47-2)41(63-40)55-52-29-13-6-23-4-3-5-34(30(23)18-29)64(57,58)59/h3-19H,1-2H3,(H2,47,50,56)(H2,48,49,51)(H,57,58,59)(H,60,61,62). The van der Waals surface area contributed by atoms with E-state index in [9.17, 15) is 41.3 Å². The molecule has 5 aromatic carbocycles. The van der Waals surface area contributed by atoms with Crippen molar-refractivity contribution in [2.45, 2.75) is 16.7 Å². The normalized spacial score (nSPS) is 11.7. The van der Waals surface area contributed by atoms with Gasteiger partial charge in [-0.25, -0.2) is 9.78 Å². The maximum atomic E-state index is 12.2. The van der Waals surface area contributed by atoms with Crippen LogP contribution in [0.5, 0.6) is 0 Å². The smallest absolute Gasteiger partial charge is 0.318 e. The number of anilines is 5. The van der Waals surface area contributed by atoms with Crippen molar-refractivity contribution in [3.8, 4) is 23.3 Å². The number of hydrogen-bond donors (Lipinski definition) is 6. The first-order chi connectivity index (χ1) is 31.0. The van der Waals surface area contributed by atoms with Crippen molar-refractivity contribution in [2.24, 2.45) is 20.5 Å². The zero-order chi connectivity index (χ0) is 46.6. The SMILES string of the molecule is CNC(=O)Nc1ccc(-c2c(N=Nc3ccc4cccc(S(=O)(=O)O)c4c3)sc(N=Nc3c(Nc4ccc(Cl)cc4)nc(Nc4ccc(Cl)c(S(=O)(=O)O)c4)c(C#N)c3C)c2C#N)cc1. The Morgan fingerprint density at radius 1 is 0.723 bits per heavy atom. The molecule has 0 unspecified atom stereocenters. The van der Waals surface area contributed by atoms with Crippen LogP contribution in [-0.4, -0.2) is 44.0 Å². The molecule has 2 aromatic heterocycles. The van der Waals surface area contributed by atoms with Crippen molar-refractivity contribution in [3.63, 3.8) is 0 Å². The van der Waals surface area contributed by atoms with Crippen LogP contribution in [0.1, 0.15) is 16.7 Å². The second-order valence-corrected chi connectivity index (χ2v) is 18.1. The van der Waals surface area contributed by atoms with Crippen LogP contribution < -0.4 is 21.3 Å². The molecule has 23 heteroatoms. The summed E-state index contributed by atoms with van der Waals surface area (Å²) in [7, 11) is -7.84. The number of thiophene rings is 1. The number of carbonyl (C=O) groups is 1. The van der Waals surface area contributed by atoms with E-state index in [1.54, 1.807) is 73.7 Å². The molecule has 7 rings (SSSR count). The van der Waals surface area contributed by atoms with Gasteiger partial charge in [0, 0.05) is 45.6 Å². The highest BCUT2D eigenvalue weighted by Gasteiger charge is 2.24. The van der Waals surface area contributed by atoms with Crippen LogP contribution >= 0.6 is 34.5 Å². The van der Waals surface area contributed by atoms with Crippen molar-refractivity contribution in [3.05, 3.63) is 130 Å². The zero-order valence-corrected chi connectivity index (χ0v) is 37.3. The van der Waals surface area contributed by atoms with Crippen molar-refractivity contribution in [1.82, 2.24) is 10.3 Å². The second-order valence-electron chi connectivity index (χ2n) is 13.5. The number of fused-ring (bicyclic) bond motifs is 1. The molecule has 0 spiro atoms. The maximum Gasteiger partial charge on any atom is 0.318 e. The molecule has 0 saturated carbocycles. The average molecular weight is 967 g/mol. The van der Waals surface area contributed by atoms with Gasteiger partial charge in [-0.3, -0.25) is 9.11 Å². The summed E-state index contributed by atoms with van der Waals surface area (Å²) in [6, 6.07) is 29.7. The lowest BCUT2D eigenvalue weighted by molar-refractivity contribution is 0.254. The monoisotopic (exact) mass is 965 g/mol. The van der Waals surface area contributed by atoms with Crippen LogP contribution in [0.3, 0.4) is 0 Å². The van der Waals surface area contributed by atoms with Gasteiger partial charge < -0.3 is 21.3 Å².